The van der Waals surface area contributed by atoms with Crippen molar-refractivity contribution in [1.82, 2.24) is 10.2 Å². The first-order valence-electron chi connectivity index (χ1n) is 12.1. The maximum atomic E-state index is 13.2. The number of likely N-dealkylation sites (N-methyl/N-ethyl adjacent to an activating group) is 1. The van der Waals surface area contributed by atoms with Gasteiger partial charge >= 0.3 is 0 Å². The fourth-order valence-electron chi connectivity index (χ4n) is 4.44. The minimum absolute atomic E-state index is 0.0122. The predicted octanol–water partition coefficient (Wildman–Crippen LogP) is 4.62. The molecule has 3 aromatic carbocycles. The number of nitrogens with zero attached hydrogens (tertiary/aromatic N) is 1. The monoisotopic (exact) mass is 458 g/mol. The lowest BCUT2D eigenvalue weighted by Gasteiger charge is -2.31. The van der Waals surface area contributed by atoms with Gasteiger partial charge in [-0.15, -0.1) is 0 Å². The second-order valence-electron chi connectivity index (χ2n) is 8.79. The Morgan fingerprint density at radius 3 is 2.26 bits per heavy atom. The van der Waals surface area contributed by atoms with Crippen molar-refractivity contribution in [3.8, 4) is 5.75 Å². The minimum Gasteiger partial charge on any atom is -0.492 e. The zero-order chi connectivity index (χ0) is 23.6. The topological polar surface area (TPSA) is 50.8 Å². The van der Waals surface area contributed by atoms with E-state index in [1.165, 1.54) is 0 Å². The standard InChI is InChI=1S/C29H34N2O3/c1-31(26-15-18-33-19-16-26)17-20-34-27-14-8-9-23(21-27)22-30-29(32)28(24-10-4-2-5-11-24)25-12-6-3-7-13-25/h2-14,21,26,28H,15-20,22H2,1H3,(H,30,32). The van der Waals surface area contributed by atoms with Gasteiger partial charge in [-0.3, -0.25) is 9.69 Å². The van der Waals surface area contributed by atoms with Crippen molar-refractivity contribution < 1.29 is 14.3 Å². The van der Waals surface area contributed by atoms with E-state index in [-0.39, 0.29) is 11.8 Å². The quantitative estimate of drug-likeness (QED) is 0.482. The zero-order valence-electron chi connectivity index (χ0n) is 19.9. The summed E-state index contributed by atoms with van der Waals surface area (Å²) in [4.78, 5) is 15.6. The number of hydrogen-bond donors (Lipinski definition) is 1. The van der Waals surface area contributed by atoms with Gasteiger partial charge in [-0.2, -0.15) is 0 Å². The molecular weight excluding hydrogens is 424 g/mol. The van der Waals surface area contributed by atoms with E-state index in [1.807, 2.05) is 84.9 Å². The van der Waals surface area contributed by atoms with E-state index in [0.29, 0.717) is 19.2 Å². The Morgan fingerprint density at radius 1 is 0.971 bits per heavy atom. The molecule has 0 radical (unpaired) electrons. The molecule has 0 aliphatic carbocycles. The van der Waals surface area contributed by atoms with Crippen LogP contribution in [0.4, 0.5) is 0 Å². The van der Waals surface area contributed by atoms with Crippen LogP contribution in [0.1, 0.15) is 35.4 Å². The summed E-state index contributed by atoms with van der Waals surface area (Å²) in [6.45, 7) is 3.65. The molecule has 1 aliphatic heterocycles. The molecule has 1 aliphatic rings. The third-order valence-corrected chi connectivity index (χ3v) is 6.42. The Bertz CT molecular complexity index is 980. The number of ether oxygens (including phenoxy) is 2. The first-order valence-corrected chi connectivity index (χ1v) is 12.1. The van der Waals surface area contributed by atoms with Gasteiger partial charge in [0.1, 0.15) is 12.4 Å². The molecule has 0 bridgehead atoms. The van der Waals surface area contributed by atoms with Crippen LogP contribution in [0.25, 0.3) is 0 Å². The van der Waals surface area contributed by atoms with Gasteiger partial charge in [0.25, 0.3) is 0 Å². The van der Waals surface area contributed by atoms with E-state index in [9.17, 15) is 4.79 Å². The molecule has 34 heavy (non-hydrogen) atoms. The molecule has 5 nitrogen and oxygen atoms in total. The Kier molecular flexibility index (Phi) is 8.71. The van der Waals surface area contributed by atoms with Crippen LogP contribution in [-0.2, 0) is 16.1 Å². The van der Waals surface area contributed by atoms with Gasteiger partial charge in [0.15, 0.2) is 0 Å². The van der Waals surface area contributed by atoms with Crippen LogP contribution in [0.15, 0.2) is 84.9 Å². The van der Waals surface area contributed by atoms with Gasteiger partial charge in [0, 0.05) is 32.3 Å². The number of hydrogen-bond acceptors (Lipinski definition) is 4. The highest BCUT2D eigenvalue weighted by molar-refractivity contribution is 5.87. The van der Waals surface area contributed by atoms with Crippen LogP contribution in [0.3, 0.4) is 0 Å². The second kappa shape index (κ2) is 12.4. The Labute approximate surface area is 202 Å². The van der Waals surface area contributed by atoms with Gasteiger partial charge in [-0.1, -0.05) is 72.8 Å². The summed E-state index contributed by atoms with van der Waals surface area (Å²) in [5.74, 6) is 0.471. The SMILES string of the molecule is CN(CCOc1cccc(CNC(=O)C(c2ccccc2)c2ccccc2)c1)C1CCOCC1. The first kappa shape index (κ1) is 24.0. The predicted molar refractivity (Wildman–Crippen MR) is 135 cm³/mol. The lowest BCUT2D eigenvalue weighted by molar-refractivity contribution is -0.121. The van der Waals surface area contributed by atoms with Crippen molar-refractivity contribution >= 4 is 5.91 Å². The van der Waals surface area contributed by atoms with Crippen molar-refractivity contribution in [2.45, 2.75) is 31.3 Å². The summed E-state index contributed by atoms with van der Waals surface area (Å²) < 4.78 is 11.5. The Hall–Kier alpha value is -3.15. The maximum absolute atomic E-state index is 13.2. The van der Waals surface area contributed by atoms with Crippen LogP contribution in [0.2, 0.25) is 0 Å². The smallest absolute Gasteiger partial charge is 0.232 e. The molecular formula is C29H34N2O3. The fraction of sp³-hybridized carbons (Fsp3) is 0.345. The summed E-state index contributed by atoms with van der Waals surface area (Å²) in [5, 5.41) is 3.13. The molecule has 0 saturated carbocycles. The highest BCUT2D eigenvalue weighted by atomic mass is 16.5. The second-order valence-corrected chi connectivity index (χ2v) is 8.79. The number of rotatable bonds is 10. The molecule has 1 amide bonds. The third kappa shape index (κ3) is 6.69. The van der Waals surface area contributed by atoms with Crippen LogP contribution >= 0.6 is 0 Å². The van der Waals surface area contributed by atoms with Gasteiger partial charge < -0.3 is 14.8 Å². The van der Waals surface area contributed by atoms with E-state index < -0.39 is 0 Å². The van der Waals surface area contributed by atoms with Crippen LogP contribution in [-0.4, -0.2) is 50.3 Å². The number of carbonyl (C=O) groups excluding carboxylic acids is 1. The molecule has 1 heterocycles. The highest BCUT2D eigenvalue weighted by Gasteiger charge is 2.22. The molecule has 1 N–H and O–H groups in total. The van der Waals surface area contributed by atoms with Crippen LogP contribution in [0.5, 0.6) is 5.75 Å². The largest absolute Gasteiger partial charge is 0.492 e. The number of amides is 1. The van der Waals surface area contributed by atoms with Crippen molar-refractivity contribution in [3.05, 3.63) is 102 Å². The summed E-state index contributed by atoms with van der Waals surface area (Å²) >= 11 is 0. The summed E-state index contributed by atoms with van der Waals surface area (Å²) in [5.41, 5.74) is 2.98. The highest BCUT2D eigenvalue weighted by Crippen LogP contribution is 2.25. The van der Waals surface area contributed by atoms with Crippen molar-refractivity contribution in [2.24, 2.45) is 0 Å². The lowest BCUT2D eigenvalue weighted by atomic mass is 9.90. The van der Waals surface area contributed by atoms with Crippen LogP contribution < -0.4 is 10.1 Å². The molecule has 4 rings (SSSR count). The molecule has 178 valence electrons. The summed E-state index contributed by atoms with van der Waals surface area (Å²) in [6.07, 6.45) is 2.16. The van der Waals surface area contributed by atoms with E-state index in [4.69, 9.17) is 9.47 Å². The fourth-order valence-corrected chi connectivity index (χ4v) is 4.44. The van der Waals surface area contributed by atoms with E-state index in [0.717, 1.165) is 55.0 Å². The molecule has 0 atom stereocenters. The number of nitrogens with one attached hydrogen (secondary N) is 1. The van der Waals surface area contributed by atoms with E-state index in [2.05, 4.69) is 17.3 Å². The molecule has 0 spiro atoms. The Balaban J connectivity index is 1.33. The van der Waals surface area contributed by atoms with Gasteiger partial charge in [-0.05, 0) is 48.7 Å². The molecule has 1 fully saturated rings. The number of benzene rings is 3. The van der Waals surface area contributed by atoms with Gasteiger partial charge in [-0.25, -0.2) is 0 Å². The third-order valence-electron chi connectivity index (χ3n) is 6.42. The average molecular weight is 459 g/mol. The first-order chi connectivity index (χ1) is 16.7. The van der Waals surface area contributed by atoms with Crippen molar-refractivity contribution in [1.29, 1.82) is 0 Å². The van der Waals surface area contributed by atoms with E-state index >= 15 is 0 Å². The Morgan fingerprint density at radius 2 is 1.62 bits per heavy atom. The van der Waals surface area contributed by atoms with E-state index in [1.54, 1.807) is 0 Å². The van der Waals surface area contributed by atoms with Gasteiger partial charge in [0.2, 0.25) is 5.91 Å². The molecule has 0 aromatic heterocycles. The summed E-state index contributed by atoms with van der Waals surface area (Å²) in [6, 6.07) is 28.4. The normalized spacial score (nSPS) is 14.3. The number of carbonyl (C=O) groups is 1. The van der Waals surface area contributed by atoms with Gasteiger partial charge in [0.05, 0.1) is 5.92 Å². The lowest BCUT2D eigenvalue weighted by Crippen LogP contribution is -2.38. The van der Waals surface area contributed by atoms with Crippen molar-refractivity contribution in [3.63, 3.8) is 0 Å². The van der Waals surface area contributed by atoms with Crippen molar-refractivity contribution in [2.75, 3.05) is 33.4 Å². The molecule has 0 unspecified atom stereocenters. The maximum Gasteiger partial charge on any atom is 0.232 e. The average Bonchev–Trinajstić information content (AvgIpc) is 2.90. The minimum atomic E-state index is -0.345. The molecule has 5 heteroatoms. The van der Waals surface area contributed by atoms with Crippen LogP contribution in [0, 0.1) is 0 Å². The zero-order valence-corrected chi connectivity index (χ0v) is 19.9. The summed E-state index contributed by atoms with van der Waals surface area (Å²) in [7, 11) is 2.15. The molecule has 3 aromatic rings. The molecule has 1 saturated heterocycles.